The third-order valence-corrected chi connectivity index (χ3v) is 4.38. The van der Waals surface area contributed by atoms with E-state index < -0.39 is 0 Å². The molecule has 0 N–H and O–H groups in total. The van der Waals surface area contributed by atoms with Crippen LogP contribution in [0.1, 0.15) is 46.5 Å². The molecule has 1 amide bonds. The molecule has 2 aromatic heterocycles. The fourth-order valence-electron chi connectivity index (χ4n) is 3.05. The van der Waals surface area contributed by atoms with E-state index in [-0.39, 0.29) is 11.7 Å². The van der Waals surface area contributed by atoms with Crippen molar-refractivity contribution in [2.75, 3.05) is 13.1 Å². The zero-order valence-electron chi connectivity index (χ0n) is 13.4. The van der Waals surface area contributed by atoms with Gasteiger partial charge in [-0.3, -0.25) is 9.59 Å². The Morgan fingerprint density at radius 2 is 1.96 bits per heavy atom. The van der Waals surface area contributed by atoms with Crippen molar-refractivity contribution in [2.24, 2.45) is 7.05 Å². The summed E-state index contributed by atoms with van der Waals surface area (Å²) in [5.41, 5.74) is 1.10. The predicted octanol–water partition coefficient (Wildman–Crippen LogP) is 2.12. The van der Waals surface area contributed by atoms with E-state index >= 15 is 0 Å². The molecular weight excluding hydrogens is 292 g/mol. The van der Waals surface area contributed by atoms with Gasteiger partial charge in [0, 0.05) is 57.3 Å². The van der Waals surface area contributed by atoms with Gasteiger partial charge in [0.1, 0.15) is 5.69 Å². The van der Waals surface area contributed by atoms with Crippen molar-refractivity contribution in [1.29, 1.82) is 0 Å². The zero-order chi connectivity index (χ0) is 16.2. The third-order valence-electron chi connectivity index (χ3n) is 4.38. The quantitative estimate of drug-likeness (QED) is 0.767. The second-order valence-electron chi connectivity index (χ2n) is 6.02. The average molecular weight is 314 g/mol. The first-order valence-corrected chi connectivity index (χ1v) is 8.10. The topological polar surface area (TPSA) is 60.1 Å². The molecule has 0 unspecified atom stereocenters. The number of ketones is 1. The van der Waals surface area contributed by atoms with Gasteiger partial charge in [-0.05, 0) is 25.3 Å². The third kappa shape index (κ3) is 3.36. The average Bonchev–Trinajstić information content (AvgIpc) is 3.16. The molecule has 0 atom stereocenters. The number of imidazole rings is 1. The lowest BCUT2D eigenvalue weighted by Crippen LogP contribution is -2.33. The number of Topliss-reactive ketones (excluding diaryl/α,β-unsaturated/α-hetero) is 1. The Hall–Kier alpha value is -2.37. The molecule has 0 radical (unpaired) electrons. The van der Waals surface area contributed by atoms with E-state index in [4.69, 9.17) is 0 Å². The molecule has 0 saturated carbocycles. The number of hydrogen-bond acceptors (Lipinski definition) is 3. The van der Waals surface area contributed by atoms with E-state index in [0.717, 1.165) is 25.8 Å². The molecule has 1 aliphatic heterocycles. The molecule has 1 aliphatic rings. The summed E-state index contributed by atoms with van der Waals surface area (Å²) in [5, 5.41) is 0. The number of rotatable bonds is 6. The first-order chi connectivity index (χ1) is 11.2. The van der Waals surface area contributed by atoms with Crippen LogP contribution >= 0.6 is 0 Å². The van der Waals surface area contributed by atoms with Crippen LogP contribution in [0.3, 0.4) is 0 Å². The SMILES string of the molecule is Cn1ccc2c1C(=O)N(CCCCCn1ccnc1)CCC2=O. The number of aryl methyl sites for hydroxylation is 2. The Morgan fingerprint density at radius 3 is 2.74 bits per heavy atom. The highest BCUT2D eigenvalue weighted by atomic mass is 16.2. The molecule has 122 valence electrons. The summed E-state index contributed by atoms with van der Waals surface area (Å²) >= 11 is 0. The Kier molecular flexibility index (Phi) is 4.60. The molecule has 0 spiro atoms. The van der Waals surface area contributed by atoms with Gasteiger partial charge in [0.15, 0.2) is 5.78 Å². The Balaban J connectivity index is 1.53. The smallest absolute Gasteiger partial charge is 0.271 e. The number of aromatic nitrogens is 3. The number of fused-ring (bicyclic) bond motifs is 1. The number of carbonyl (C=O) groups excluding carboxylic acids is 2. The number of amides is 1. The van der Waals surface area contributed by atoms with Crippen LogP contribution in [0.25, 0.3) is 0 Å². The summed E-state index contributed by atoms with van der Waals surface area (Å²) in [6.45, 7) is 2.18. The molecule has 0 saturated heterocycles. The summed E-state index contributed by atoms with van der Waals surface area (Å²) in [5.74, 6) is 0.0458. The molecule has 0 aliphatic carbocycles. The van der Waals surface area contributed by atoms with Crippen LogP contribution in [0, 0.1) is 0 Å². The molecule has 6 heteroatoms. The van der Waals surface area contributed by atoms with Gasteiger partial charge < -0.3 is 14.0 Å². The van der Waals surface area contributed by atoms with Crippen LogP contribution in [0.15, 0.2) is 31.0 Å². The van der Waals surface area contributed by atoms with Gasteiger partial charge in [-0.1, -0.05) is 0 Å². The fraction of sp³-hybridized carbons (Fsp3) is 0.471. The van der Waals surface area contributed by atoms with Gasteiger partial charge >= 0.3 is 0 Å². The minimum Gasteiger partial charge on any atom is -0.346 e. The monoisotopic (exact) mass is 314 g/mol. The van der Waals surface area contributed by atoms with E-state index in [2.05, 4.69) is 9.55 Å². The van der Waals surface area contributed by atoms with E-state index in [1.807, 2.05) is 24.5 Å². The zero-order valence-corrected chi connectivity index (χ0v) is 13.4. The molecule has 0 bridgehead atoms. The second-order valence-corrected chi connectivity index (χ2v) is 6.02. The van der Waals surface area contributed by atoms with E-state index in [0.29, 0.717) is 30.8 Å². The predicted molar refractivity (Wildman–Crippen MR) is 86.3 cm³/mol. The minimum absolute atomic E-state index is 0.0204. The highest BCUT2D eigenvalue weighted by molar-refractivity contribution is 6.08. The maximum Gasteiger partial charge on any atom is 0.271 e. The lowest BCUT2D eigenvalue weighted by molar-refractivity contribution is 0.0746. The molecule has 0 fully saturated rings. The van der Waals surface area contributed by atoms with Crippen molar-refractivity contribution >= 4 is 11.7 Å². The van der Waals surface area contributed by atoms with Crippen LogP contribution in [-0.2, 0) is 13.6 Å². The van der Waals surface area contributed by atoms with Crippen molar-refractivity contribution in [2.45, 2.75) is 32.2 Å². The molecule has 3 rings (SSSR count). The van der Waals surface area contributed by atoms with Crippen LogP contribution < -0.4 is 0 Å². The van der Waals surface area contributed by atoms with E-state index in [1.54, 1.807) is 23.0 Å². The van der Waals surface area contributed by atoms with Gasteiger partial charge in [-0.15, -0.1) is 0 Å². The number of nitrogens with zero attached hydrogens (tertiary/aromatic N) is 4. The molecule has 0 aromatic carbocycles. The summed E-state index contributed by atoms with van der Waals surface area (Å²) in [4.78, 5) is 30.6. The van der Waals surface area contributed by atoms with Gasteiger partial charge in [-0.2, -0.15) is 0 Å². The lowest BCUT2D eigenvalue weighted by Gasteiger charge is -2.20. The van der Waals surface area contributed by atoms with Crippen LogP contribution in [-0.4, -0.2) is 43.8 Å². The van der Waals surface area contributed by atoms with Crippen LogP contribution in [0.4, 0.5) is 0 Å². The first-order valence-electron chi connectivity index (χ1n) is 8.10. The molecule has 6 nitrogen and oxygen atoms in total. The number of carbonyl (C=O) groups is 2. The largest absolute Gasteiger partial charge is 0.346 e. The van der Waals surface area contributed by atoms with Crippen molar-refractivity contribution in [3.63, 3.8) is 0 Å². The maximum atomic E-state index is 12.7. The first kappa shape index (κ1) is 15.5. The molecule has 23 heavy (non-hydrogen) atoms. The minimum atomic E-state index is -0.0204. The standard InChI is InChI=1S/C17H22N4O2/c1-19-10-5-14-15(22)6-11-21(17(23)16(14)19)9-4-2-3-8-20-12-7-18-13-20/h5,7,10,12-13H,2-4,6,8-9,11H2,1H3. The molecule has 3 heterocycles. The maximum absolute atomic E-state index is 12.7. The van der Waals surface area contributed by atoms with Crippen molar-refractivity contribution in [3.8, 4) is 0 Å². The molecular formula is C17H22N4O2. The van der Waals surface area contributed by atoms with Crippen LogP contribution in [0.2, 0.25) is 0 Å². The van der Waals surface area contributed by atoms with E-state index in [1.165, 1.54) is 0 Å². The summed E-state index contributed by atoms with van der Waals surface area (Å²) in [7, 11) is 1.82. The Bertz CT molecular complexity index is 688. The van der Waals surface area contributed by atoms with Gasteiger partial charge in [0.05, 0.1) is 6.33 Å². The van der Waals surface area contributed by atoms with Crippen molar-refractivity contribution in [1.82, 2.24) is 19.0 Å². The van der Waals surface area contributed by atoms with Gasteiger partial charge in [0.25, 0.3) is 5.91 Å². The summed E-state index contributed by atoms with van der Waals surface area (Å²) < 4.78 is 3.82. The molecule has 2 aromatic rings. The fourth-order valence-corrected chi connectivity index (χ4v) is 3.05. The van der Waals surface area contributed by atoms with Crippen molar-refractivity contribution in [3.05, 3.63) is 42.2 Å². The van der Waals surface area contributed by atoms with Gasteiger partial charge in [-0.25, -0.2) is 4.98 Å². The Labute approximate surface area is 135 Å². The van der Waals surface area contributed by atoms with E-state index in [9.17, 15) is 9.59 Å². The highest BCUT2D eigenvalue weighted by Gasteiger charge is 2.28. The van der Waals surface area contributed by atoms with Crippen LogP contribution in [0.5, 0.6) is 0 Å². The van der Waals surface area contributed by atoms with Crippen molar-refractivity contribution < 1.29 is 9.59 Å². The van der Waals surface area contributed by atoms with Gasteiger partial charge in [0.2, 0.25) is 0 Å². The summed E-state index contributed by atoms with van der Waals surface area (Å²) in [6, 6.07) is 1.75. The normalized spacial score (nSPS) is 14.9. The summed E-state index contributed by atoms with van der Waals surface area (Å²) in [6.07, 6.45) is 10.8. The lowest BCUT2D eigenvalue weighted by atomic mass is 10.1. The number of hydrogen-bond donors (Lipinski definition) is 0. The highest BCUT2D eigenvalue weighted by Crippen LogP contribution is 2.20. The Morgan fingerprint density at radius 1 is 1.13 bits per heavy atom. The number of unbranched alkanes of at least 4 members (excludes halogenated alkanes) is 2. The second kappa shape index (κ2) is 6.81.